The fourth-order valence-electron chi connectivity index (χ4n) is 3.85. The van der Waals surface area contributed by atoms with Crippen molar-refractivity contribution in [2.45, 2.75) is 44.2 Å². The van der Waals surface area contributed by atoms with Gasteiger partial charge in [-0.3, -0.25) is 24.3 Å². The Morgan fingerprint density at radius 3 is 2.67 bits per heavy atom. The average Bonchev–Trinajstić information content (AvgIpc) is 3.12. The first-order valence-corrected chi connectivity index (χ1v) is 10.4. The molecule has 0 saturated carbocycles. The van der Waals surface area contributed by atoms with Crippen LogP contribution in [0.4, 0.5) is 0 Å². The SMILES string of the molecule is CN1[C@@H](CC(=O)N2CCOCC2)CC[C@H]1CNC(=O)CCc1cccnc1.O=CO. The Morgan fingerprint density at radius 1 is 1.30 bits per heavy atom. The highest BCUT2D eigenvalue weighted by Crippen LogP contribution is 2.25. The highest BCUT2D eigenvalue weighted by Gasteiger charge is 2.33. The number of nitrogens with zero attached hydrogens (tertiary/aromatic N) is 3. The summed E-state index contributed by atoms with van der Waals surface area (Å²) in [6.45, 7) is 3.07. The predicted molar refractivity (Wildman–Crippen MR) is 111 cm³/mol. The number of rotatable bonds is 7. The van der Waals surface area contributed by atoms with Gasteiger partial charge in [0.2, 0.25) is 11.8 Å². The Hall–Kier alpha value is -2.52. The summed E-state index contributed by atoms with van der Waals surface area (Å²) in [6, 6.07) is 4.44. The molecule has 2 saturated heterocycles. The van der Waals surface area contributed by atoms with Crippen LogP contribution in [0.2, 0.25) is 0 Å². The van der Waals surface area contributed by atoms with Crippen molar-refractivity contribution in [3.63, 3.8) is 0 Å². The third-order valence-electron chi connectivity index (χ3n) is 5.66. The Balaban J connectivity index is 0.00000101. The third kappa shape index (κ3) is 7.72. The molecule has 30 heavy (non-hydrogen) atoms. The molecule has 2 atom stereocenters. The van der Waals surface area contributed by atoms with Gasteiger partial charge in [0.15, 0.2) is 0 Å². The molecule has 0 radical (unpaired) electrons. The molecule has 3 heterocycles. The number of carboxylic acid groups (broad SMARTS) is 1. The van der Waals surface area contributed by atoms with Gasteiger partial charge in [0.05, 0.1) is 13.2 Å². The Labute approximate surface area is 177 Å². The summed E-state index contributed by atoms with van der Waals surface area (Å²) in [6.07, 6.45) is 7.29. The minimum atomic E-state index is -0.250. The smallest absolute Gasteiger partial charge is 0.290 e. The van der Waals surface area contributed by atoms with Crippen LogP contribution in [0.15, 0.2) is 24.5 Å². The first kappa shape index (κ1) is 23.8. The van der Waals surface area contributed by atoms with E-state index >= 15 is 0 Å². The molecule has 2 aliphatic rings. The number of nitrogens with one attached hydrogen (secondary N) is 1. The summed E-state index contributed by atoms with van der Waals surface area (Å²) in [5.41, 5.74) is 1.08. The number of morpholine rings is 1. The molecule has 2 fully saturated rings. The molecule has 2 aliphatic heterocycles. The van der Waals surface area contributed by atoms with Crippen LogP contribution in [0.1, 0.15) is 31.2 Å². The van der Waals surface area contributed by atoms with Crippen LogP contribution in [0.25, 0.3) is 0 Å². The van der Waals surface area contributed by atoms with E-state index in [1.54, 1.807) is 12.4 Å². The molecule has 0 spiro atoms. The summed E-state index contributed by atoms with van der Waals surface area (Å²) in [7, 11) is 2.07. The largest absolute Gasteiger partial charge is 0.483 e. The lowest BCUT2D eigenvalue weighted by atomic mass is 10.1. The number of carbonyl (C=O) groups is 3. The zero-order valence-corrected chi connectivity index (χ0v) is 17.5. The predicted octanol–water partition coefficient (Wildman–Crippen LogP) is 0.543. The second-order valence-corrected chi connectivity index (χ2v) is 7.52. The number of hydrogen-bond donors (Lipinski definition) is 2. The molecule has 166 valence electrons. The van der Waals surface area contributed by atoms with Gasteiger partial charge < -0.3 is 20.1 Å². The zero-order valence-electron chi connectivity index (χ0n) is 17.5. The summed E-state index contributed by atoms with van der Waals surface area (Å²) >= 11 is 0. The van der Waals surface area contributed by atoms with Crippen LogP contribution in [0.5, 0.6) is 0 Å². The Kier molecular flexibility index (Phi) is 10.2. The summed E-state index contributed by atoms with van der Waals surface area (Å²) < 4.78 is 5.31. The molecule has 1 aromatic rings. The standard InChI is InChI=1S/C20H30N4O3.CH2O2/c1-23-17(13-20(26)24-9-11-27-12-10-24)5-6-18(23)15-22-19(25)7-4-16-3-2-8-21-14-16;2-1-3/h2-3,8,14,17-18H,4-7,9-13,15H2,1H3,(H,22,25);1H,(H,2,3)/t17-,18+;/m1./s1. The van der Waals surface area contributed by atoms with Crippen molar-refractivity contribution in [2.75, 3.05) is 39.9 Å². The van der Waals surface area contributed by atoms with Crippen molar-refractivity contribution in [1.82, 2.24) is 20.1 Å². The van der Waals surface area contributed by atoms with E-state index in [0.717, 1.165) is 18.4 Å². The molecule has 1 aromatic heterocycles. The minimum Gasteiger partial charge on any atom is -0.483 e. The normalized spacial score (nSPS) is 21.4. The number of likely N-dealkylation sites (N-methyl/N-ethyl adjacent to an activating group) is 1. The van der Waals surface area contributed by atoms with E-state index in [0.29, 0.717) is 58.2 Å². The van der Waals surface area contributed by atoms with Crippen LogP contribution in [0, 0.1) is 0 Å². The minimum absolute atomic E-state index is 0.0695. The van der Waals surface area contributed by atoms with Crippen LogP contribution in [-0.4, -0.2) is 90.2 Å². The van der Waals surface area contributed by atoms with Gasteiger partial charge in [0.1, 0.15) is 0 Å². The van der Waals surface area contributed by atoms with Gasteiger partial charge in [-0.25, -0.2) is 0 Å². The average molecular weight is 421 g/mol. The molecular weight excluding hydrogens is 388 g/mol. The molecule has 2 N–H and O–H groups in total. The van der Waals surface area contributed by atoms with E-state index in [-0.39, 0.29) is 24.3 Å². The van der Waals surface area contributed by atoms with E-state index in [2.05, 4.69) is 22.2 Å². The van der Waals surface area contributed by atoms with Crippen LogP contribution in [0.3, 0.4) is 0 Å². The lowest BCUT2D eigenvalue weighted by Gasteiger charge is -2.30. The molecule has 0 bridgehead atoms. The van der Waals surface area contributed by atoms with Crippen molar-refractivity contribution >= 4 is 18.3 Å². The lowest BCUT2D eigenvalue weighted by Crippen LogP contribution is -2.45. The van der Waals surface area contributed by atoms with Gasteiger partial charge >= 0.3 is 0 Å². The number of amides is 2. The molecule has 9 nitrogen and oxygen atoms in total. The number of carbonyl (C=O) groups excluding carboxylic acids is 2. The number of pyridine rings is 1. The Bertz CT molecular complexity index is 667. The van der Waals surface area contributed by atoms with E-state index in [1.807, 2.05) is 17.0 Å². The molecule has 9 heteroatoms. The van der Waals surface area contributed by atoms with Gasteiger partial charge in [-0.1, -0.05) is 6.07 Å². The van der Waals surface area contributed by atoms with Gasteiger partial charge in [-0.15, -0.1) is 0 Å². The van der Waals surface area contributed by atoms with Gasteiger partial charge in [0.25, 0.3) is 6.47 Å². The maximum absolute atomic E-state index is 12.5. The Morgan fingerprint density at radius 2 is 2.00 bits per heavy atom. The molecule has 3 rings (SSSR count). The molecule has 0 aliphatic carbocycles. The number of aryl methyl sites for hydroxylation is 1. The van der Waals surface area contributed by atoms with E-state index in [9.17, 15) is 9.59 Å². The van der Waals surface area contributed by atoms with E-state index < -0.39 is 0 Å². The van der Waals surface area contributed by atoms with Crippen molar-refractivity contribution in [2.24, 2.45) is 0 Å². The van der Waals surface area contributed by atoms with Crippen LogP contribution >= 0.6 is 0 Å². The molecule has 2 amide bonds. The number of hydrogen-bond acceptors (Lipinski definition) is 6. The first-order chi connectivity index (χ1) is 14.5. The maximum Gasteiger partial charge on any atom is 0.290 e. The maximum atomic E-state index is 12.5. The number of likely N-dealkylation sites (tertiary alicyclic amines) is 1. The molecule has 0 aromatic carbocycles. The molecule has 0 unspecified atom stereocenters. The lowest BCUT2D eigenvalue weighted by molar-refractivity contribution is -0.136. The van der Waals surface area contributed by atoms with Crippen molar-refractivity contribution < 1.29 is 24.2 Å². The third-order valence-corrected chi connectivity index (χ3v) is 5.66. The van der Waals surface area contributed by atoms with Gasteiger partial charge in [0, 0.05) is 57.0 Å². The van der Waals surface area contributed by atoms with Gasteiger partial charge in [-0.2, -0.15) is 0 Å². The highest BCUT2D eigenvalue weighted by molar-refractivity contribution is 5.77. The monoisotopic (exact) mass is 420 g/mol. The summed E-state index contributed by atoms with van der Waals surface area (Å²) in [5.74, 6) is 0.288. The van der Waals surface area contributed by atoms with E-state index in [4.69, 9.17) is 14.6 Å². The first-order valence-electron chi connectivity index (χ1n) is 10.4. The fourth-order valence-corrected chi connectivity index (χ4v) is 3.85. The highest BCUT2D eigenvalue weighted by atomic mass is 16.5. The summed E-state index contributed by atoms with van der Waals surface area (Å²) in [4.78, 5) is 41.2. The van der Waals surface area contributed by atoms with Crippen molar-refractivity contribution in [3.8, 4) is 0 Å². The summed E-state index contributed by atoms with van der Waals surface area (Å²) in [5, 5.41) is 9.94. The second-order valence-electron chi connectivity index (χ2n) is 7.52. The van der Waals surface area contributed by atoms with Crippen molar-refractivity contribution in [1.29, 1.82) is 0 Å². The second kappa shape index (κ2) is 12.9. The van der Waals surface area contributed by atoms with Gasteiger partial charge in [-0.05, 0) is 37.9 Å². The molecular formula is C21H32N4O5. The van der Waals surface area contributed by atoms with Crippen molar-refractivity contribution in [3.05, 3.63) is 30.1 Å². The van der Waals surface area contributed by atoms with Crippen LogP contribution < -0.4 is 5.32 Å². The number of ether oxygens (including phenoxy) is 1. The van der Waals surface area contributed by atoms with Crippen LogP contribution in [-0.2, 0) is 25.5 Å². The number of aromatic nitrogens is 1. The van der Waals surface area contributed by atoms with E-state index in [1.165, 1.54) is 0 Å². The zero-order chi connectivity index (χ0) is 21.8. The topological polar surface area (TPSA) is 112 Å². The fraction of sp³-hybridized carbons (Fsp3) is 0.619. The quantitative estimate of drug-likeness (QED) is 0.619.